The van der Waals surface area contributed by atoms with Crippen LogP contribution >= 0.6 is 0 Å². The molecular formula is C54H32O2. The summed E-state index contributed by atoms with van der Waals surface area (Å²) < 4.78 is 12.7. The van der Waals surface area contributed by atoms with Gasteiger partial charge in [-0.15, -0.1) is 0 Å². The molecule has 2 heteroatoms. The van der Waals surface area contributed by atoms with Crippen molar-refractivity contribution < 1.29 is 8.83 Å². The third-order valence-electron chi connectivity index (χ3n) is 11.7. The summed E-state index contributed by atoms with van der Waals surface area (Å²) in [6.07, 6.45) is 0. The van der Waals surface area contributed by atoms with Crippen molar-refractivity contribution in [3.63, 3.8) is 0 Å². The van der Waals surface area contributed by atoms with Crippen molar-refractivity contribution in [1.29, 1.82) is 0 Å². The van der Waals surface area contributed by atoms with E-state index in [0.29, 0.717) is 0 Å². The van der Waals surface area contributed by atoms with Crippen molar-refractivity contribution in [1.82, 2.24) is 0 Å². The Morgan fingerprint density at radius 3 is 1.23 bits per heavy atom. The molecule has 12 aromatic rings. The third-order valence-corrected chi connectivity index (χ3v) is 11.7. The second kappa shape index (κ2) is 12.0. The second-order valence-electron chi connectivity index (χ2n) is 14.8. The molecule has 10 aromatic carbocycles. The fourth-order valence-electron chi connectivity index (χ4n) is 8.97. The van der Waals surface area contributed by atoms with E-state index in [1.807, 2.05) is 18.2 Å². The van der Waals surface area contributed by atoms with Crippen LogP contribution < -0.4 is 0 Å². The molecule has 56 heavy (non-hydrogen) atoms. The van der Waals surface area contributed by atoms with Gasteiger partial charge in [-0.3, -0.25) is 0 Å². The Morgan fingerprint density at radius 2 is 0.643 bits per heavy atom. The molecule has 0 saturated carbocycles. The summed E-state index contributed by atoms with van der Waals surface area (Å²) in [5.41, 5.74) is 13.0. The maximum atomic E-state index is 6.43. The van der Waals surface area contributed by atoms with Crippen molar-refractivity contribution in [3.05, 3.63) is 194 Å². The van der Waals surface area contributed by atoms with Crippen LogP contribution in [0, 0.1) is 0 Å². The highest BCUT2D eigenvalue weighted by Gasteiger charge is 2.19. The highest BCUT2D eigenvalue weighted by Crippen LogP contribution is 2.45. The Hall–Kier alpha value is -7.42. The minimum Gasteiger partial charge on any atom is -0.452 e. The largest absolute Gasteiger partial charge is 0.452 e. The van der Waals surface area contributed by atoms with E-state index in [1.54, 1.807) is 0 Å². The van der Waals surface area contributed by atoms with Gasteiger partial charge in [0.1, 0.15) is 11.2 Å². The van der Waals surface area contributed by atoms with E-state index >= 15 is 0 Å². The molecule has 0 saturated heterocycles. The van der Waals surface area contributed by atoms with Gasteiger partial charge in [-0.25, -0.2) is 0 Å². The molecule has 2 aromatic heterocycles. The zero-order chi connectivity index (χ0) is 36.7. The van der Waals surface area contributed by atoms with Crippen molar-refractivity contribution in [2.45, 2.75) is 0 Å². The summed E-state index contributed by atoms with van der Waals surface area (Å²) in [7, 11) is 0. The summed E-state index contributed by atoms with van der Waals surface area (Å²) in [5, 5.41) is 11.8. The number of para-hydroxylation sites is 1. The lowest BCUT2D eigenvalue weighted by Crippen LogP contribution is -1.91. The van der Waals surface area contributed by atoms with E-state index in [9.17, 15) is 0 Å². The highest BCUT2D eigenvalue weighted by molar-refractivity contribution is 6.22. The topological polar surface area (TPSA) is 26.3 Å². The lowest BCUT2D eigenvalue weighted by Gasteiger charge is -2.18. The maximum Gasteiger partial charge on any atom is 0.178 e. The molecule has 0 spiro atoms. The zero-order valence-corrected chi connectivity index (χ0v) is 30.3. The standard InChI is InChI=1S/C54H32O2/c1-2-10-38-31-39(26-21-33(38)9-1)34-17-22-36(23-18-34)51-42-12-3-5-14-44(42)52(45-15-6-4-13-43(45)51)37-24-19-35(20-25-37)40-27-30-50-48(32-40)47-29-28-46-41-11-7-8-16-49(41)55-53(46)54(47)56-50/h1-32H. The molecule has 0 unspecified atom stereocenters. The summed E-state index contributed by atoms with van der Waals surface area (Å²) >= 11 is 0. The van der Waals surface area contributed by atoms with Crippen molar-refractivity contribution in [3.8, 4) is 44.5 Å². The first-order valence-corrected chi connectivity index (χ1v) is 19.2. The van der Waals surface area contributed by atoms with Crippen LogP contribution in [0.5, 0.6) is 0 Å². The number of benzene rings is 10. The highest BCUT2D eigenvalue weighted by atomic mass is 16.4. The molecule has 12 rings (SSSR count). The molecule has 2 heterocycles. The van der Waals surface area contributed by atoms with Gasteiger partial charge < -0.3 is 8.83 Å². The SMILES string of the molecule is c1ccc2cc(-c3ccc(-c4c5ccccc5c(-c5ccc(-c6ccc7oc8c(ccc9c%10ccccc%10oc98)c7c6)cc5)c5ccccc45)cc3)ccc2c1. The zero-order valence-electron chi connectivity index (χ0n) is 30.3. The molecule has 0 aliphatic carbocycles. The normalized spacial score (nSPS) is 11.9. The van der Waals surface area contributed by atoms with Crippen LogP contribution in [-0.4, -0.2) is 0 Å². The number of rotatable bonds is 4. The Balaban J connectivity index is 0.946. The lowest BCUT2D eigenvalue weighted by molar-refractivity contribution is 0.633. The first-order valence-electron chi connectivity index (χ1n) is 19.2. The molecular weight excluding hydrogens is 681 g/mol. The van der Waals surface area contributed by atoms with Gasteiger partial charge in [-0.2, -0.15) is 0 Å². The van der Waals surface area contributed by atoms with Crippen molar-refractivity contribution in [2.24, 2.45) is 0 Å². The van der Waals surface area contributed by atoms with E-state index in [4.69, 9.17) is 8.83 Å². The van der Waals surface area contributed by atoms with E-state index in [2.05, 4.69) is 176 Å². The van der Waals surface area contributed by atoms with Gasteiger partial charge in [0, 0.05) is 21.5 Å². The molecule has 0 radical (unpaired) electrons. The van der Waals surface area contributed by atoms with Crippen LogP contribution in [0.3, 0.4) is 0 Å². The van der Waals surface area contributed by atoms with Gasteiger partial charge in [0.25, 0.3) is 0 Å². The van der Waals surface area contributed by atoms with Crippen LogP contribution in [0.1, 0.15) is 0 Å². The molecule has 0 bridgehead atoms. The monoisotopic (exact) mass is 712 g/mol. The Kier molecular flexibility index (Phi) is 6.66. The van der Waals surface area contributed by atoms with Gasteiger partial charge in [-0.05, 0) is 113 Å². The molecule has 0 amide bonds. The van der Waals surface area contributed by atoms with E-state index in [-0.39, 0.29) is 0 Å². The van der Waals surface area contributed by atoms with Gasteiger partial charge in [0.15, 0.2) is 11.2 Å². The van der Waals surface area contributed by atoms with Gasteiger partial charge in [0.05, 0.1) is 0 Å². The fourth-order valence-corrected chi connectivity index (χ4v) is 8.97. The first kappa shape index (κ1) is 31.0. The smallest absolute Gasteiger partial charge is 0.178 e. The Bertz CT molecular complexity index is 3450. The second-order valence-corrected chi connectivity index (χ2v) is 14.8. The van der Waals surface area contributed by atoms with Gasteiger partial charge in [0.2, 0.25) is 0 Å². The predicted octanol–water partition coefficient (Wildman–Crippen LogP) is 15.6. The third kappa shape index (κ3) is 4.69. The molecule has 0 N–H and O–H groups in total. The summed E-state index contributed by atoms with van der Waals surface area (Å²) in [6, 6.07) is 70.1. The van der Waals surface area contributed by atoms with Gasteiger partial charge in [-0.1, -0.05) is 158 Å². The average Bonchev–Trinajstić information content (AvgIpc) is 3.84. The molecule has 2 nitrogen and oxygen atoms in total. The minimum atomic E-state index is 0.796. The maximum absolute atomic E-state index is 6.43. The molecule has 260 valence electrons. The quantitative estimate of drug-likeness (QED) is 0.170. The average molecular weight is 713 g/mol. The first-order chi connectivity index (χ1) is 27.7. The molecule has 0 fully saturated rings. The Labute approximate surface area is 322 Å². The van der Waals surface area contributed by atoms with E-state index in [1.165, 1.54) is 65.7 Å². The van der Waals surface area contributed by atoms with Gasteiger partial charge >= 0.3 is 0 Å². The summed E-state index contributed by atoms with van der Waals surface area (Å²) in [6.45, 7) is 0. The van der Waals surface area contributed by atoms with Crippen LogP contribution in [0.25, 0.3) is 121 Å². The number of hydrogen-bond donors (Lipinski definition) is 0. The Morgan fingerprint density at radius 1 is 0.232 bits per heavy atom. The summed E-state index contributed by atoms with van der Waals surface area (Å²) in [5.74, 6) is 0. The van der Waals surface area contributed by atoms with Crippen LogP contribution in [0.4, 0.5) is 0 Å². The minimum absolute atomic E-state index is 0.796. The van der Waals surface area contributed by atoms with Crippen molar-refractivity contribution in [2.75, 3.05) is 0 Å². The van der Waals surface area contributed by atoms with Crippen LogP contribution in [0.2, 0.25) is 0 Å². The van der Waals surface area contributed by atoms with E-state index < -0.39 is 0 Å². The number of furan rings is 2. The predicted molar refractivity (Wildman–Crippen MR) is 235 cm³/mol. The summed E-state index contributed by atoms with van der Waals surface area (Å²) in [4.78, 5) is 0. The molecule has 0 aliphatic heterocycles. The van der Waals surface area contributed by atoms with Crippen molar-refractivity contribution >= 4 is 76.2 Å². The fraction of sp³-hybridized carbons (Fsp3) is 0. The van der Waals surface area contributed by atoms with E-state index in [0.717, 1.165) is 55.0 Å². The number of hydrogen-bond acceptors (Lipinski definition) is 2. The number of fused-ring (bicyclic) bond motifs is 10. The molecule has 0 atom stereocenters. The lowest BCUT2D eigenvalue weighted by atomic mass is 9.85. The van der Waals surface area contributed by atoms with Crippen LogP contribution in [0.15, 0.2) is 203 Å². The molecule has 0 aliphatic rings. The van der Waals surface area contributed by atoms with Crippen LogP contribution in [-0.2, 0) is 0 Å².